The molecule has 5 heteroatoms. The van der Waals surface area contributed by atoms with Crippen molar-refractivity contribution >= 4 is 12.2 Å². The Hall–Kier alpha value is -3.44. The van der Waals surface area contributed by atoms with Crippen molar-refractivity contribution in [3.05, 3.63) is 83.4 Å². The highest BCUT2D eigenvalue weighted by Gasteiger charge is 2.22. The van der Waals surface area contributed by atoms with Crippen molar-refractivity contribution < 1.29 is 24.1 Å². The number of methoxy groups -OCH3 is 3. The van der Waals surface area contributed by atoms with Crippen LogP contribution < -0.4 is 18.9 Å². The van der Waals surface area contributed by atoms with Crippen LogP contribution in [0.15, 0.2) is 66.7 Å². The minimum atomic E-state index is -0.883. The molecule has 0 aromatic heterocycles. The van der Waals surface area contributed by atoms with Crippen molar-refractivity contribution in [3.8, 4) is 23.0 Å². The summed E-state index contributed by atoms with van der Waals surface area (Å²) in [5.74, 6) is 2.12. The molecule has 0 amide bonds. The quantitative estimate of drug-likeness (QED) is 0.471. The summed E-state index contributed by atoms with van der Waals surface area (Å²) < 4.78 is 22.0. The SMILES string of the molecule is COc1cc([C@H](O)[C@H](C)Oc2ccc(/C=C/c3ccccc3)cc2)cc(OC)c1OC. The Labute approximate surface area is 183 Å². The van der Waals surface area contributed by atoms with Crippen molar-refractivity contribution in [1.29, 1.82) is 0 Å². The van der Waals surface area contributed by atoms with Gasteiger partial charge in [-0.3, -0.25) is 0 Å². The fourth-order valence-electron chi connectivity index (χ4n) is 3.24. The normalized spacial score (nSPS) is 12.9. The van der Waals surface area contributed by atoms with Crippen molar-refractivity contribution in [2.24, 2.45) is 0 Å². The van der Waals surface area contributed by atoms with E-state index in [1.807, 2.05) is 55.5 Å². The molecule has 0 bridgehead atoms. The summed E-state index contributed by atoms with van der Waals surface area (Å²) in [7, 11) is 4.63. The fraction of sp³-hybridized carbons (Fsp3) is 0.231. The summed E-state index contributed by atoms with van der Waals surface area (Å²) in [6.07, 6.45) is 2.74. The average molecular weight is 421 g/mol. The second-order valence-corrected chi connectivity index (χ2v) is 7.04. The largest absolute Gasteiger partial charge is 0.493 e. The van der Waals surface area contributed by atoms with Gasteiger partial charge >= 0.3 is 0 Å². The molecule has 3 aromatic carbocycles. The maximum atomic E-state index is 10.8. The van der Waals surface area contributed by atoms with Gasteiger partial charge < -0.3 is 24.1 Å². The third-order valence-electron chi connectivity index (χ3n) is 4.94. The molecule has 0 spiro atoms. The van der Waals surface area contributed by atoms with E-state index in [-0.39, 0.29) is 0 Å². The van der Waals surface area contributed by atoms with Gasteiger partial charge in [0.1, 0.15) is 18.0 Å². The van der Waals surface area contributed by atoms with Crippen LogP contribution in [0.1, 0.15) is 29.7 Å². The fourth-order valence-corrected chi connectivity index (χ4v) is 3.24. The van der Waals surface area contributed by atoms with Crippen molar-refractivity contribution in [2.45, 2.75) is 19.1 Å². The molecule has 162 valence electrons. The van der Waals surface area contributed by atoms with Crippen LogP contribution >= 0.6 is 0 Å². The molecule has 5 nitrogen and oxygen atoms in total. The number of ether oxygens (including phenoxy) is 4. The number of aliphatic hydroxyl groups excluding tert-OH is 1. The van der Waals surface area contributed by atoms with Gasteiger partial charge in [-0.2, -0.15) is 0 Å². The molecular formula is C26H28O5. The first-order chi connectivity index (χ1) is 15.0. The summed E-state index contributed by atoms with van der Waals surface area (Å²) in [6, 6.07) is 21.3. The zero-order chi connectivity index (χ0) is 22.2. The highest BCUT2D eigenvalue weighted by molar-refractivity contribution is 5.69. The van der Waals surface area contributed by atoms with E-state index >= 15 is 0 Å². The zero-order valence-corrected chi connectivity index (χ0v) is 18.2. The standard InChI is InChI=1S/C26H28O5/c1-18(25(27)21-16-23(28-2)26(30-4)24(17-21)29-3)31-22-14-12-20(13-15-22)11-10-19-8-6-5-7-9-19/h5-18,25,27H,1-4H3/b11-10+/t18-,25+/m0/s1. The molecule has 0 heterocycles. The third kappa shape index (κ3) is 5.58. The predicted octanol–water partition coefficient (Wildman–Crippen LogP) is 5.38. The van der Waals surface area contributed by atoms with Gasteiger partial charge in [-0.1, -0.05) is 54.6 Å². The lowest BCUT2D eigenvalue weighted by Gasteiger charge is -2.22. The van der Waals surface area contributed by atoms with E-state index in [0.717, 1.165) is 11.1 Å². The van der Waals surface area contributed by atoms with Gasteiger partial charge in [0.2, 0.25) is 5.75 Å². The minimum absolute atomic E-state index is 0.480. The number of hydrogen-bond acceptors (Lipinski definition) is 5. The Kier molecular flexibility index (Phi) is 7.57. The molecular weight excluding hydrogens is 392 g/mol. The maximum absolute atomic E-state index is 10.8. The van der Waals surface area contributed by atoms with Crippen LogP contribution in [0.25, 0.3) is 12.2 Å². The lowest BCUT2D eigenvalue weighted by atomic mass is 10.0. The van der Waals surface area contributed by atoms with Crippen molar-refractivity contribution in [3.63, 3.8) is 0 Å². The van der Waals surface area contributed by atoms with Gasteiger partial charge in [-0.25, -0.2) is 0 Å². The van der Waals surface area contributed by atoms with Gasteiger partial charge in [0, 0.05) is 0 Å². The second-order valence-electron chi connectivity index (χ2n) is 7.04. The summed E-state index contributed by atoms with van der Waals surface area (Å²) in [4.78, 5) is 0. The van der Waals surface area contributed by atoms with Gasteiger partial charge in [0.05, 0.1) is 21.3 Å². The molecule has 0 aliphatic carbocycles. The Morgan fingerprint density at radius 3 is 1.81 bits per heavy atom. The number of aliphatic hydroxyl groups is 1. The highest BCUT2D eigenvalue weighted by atomic mass is 16.5. The maximum Gasteiger partial charge on any atom is 0.203 e. The summed E-state index contributed by atoms with van der Waals surface area (Å²) in [5, 5.41) is 10.8. The molecule has 0 saturated carbocycles. The molecule has 0 unspecified atom stereocenters. The van der Waals surface area contributed by atoms with E-state index in [9.17, 15) is 5.11 Å². The third-order valence-corrected chi connectivity index (χ3v) is 4.94. The van der Waals surface area contributed by atoms with Gasteiger partial charge in [0.25, 0.3) is 0 Å². The van der Waals surface area contributed by atoms with Crippen LogP contribution in [-0.4, -0.2) is 32.5 Å². The molecule has 0 fully saturated rings. The van der Waals surface area contributed by atoms with E-state index in [0.29, 0.717) is 28.6 Å². The molecule has 0 radical (unpaired) electrons. The number of rotatable bonds is 9. The average Bonchev–Trinajstić information content (AvgIpc) is 2.82. The topological polar surface area (TPSA) is 57.2 Å². The minimum Gasteiger partial charge on any atom is -0.493 e. The Morgan fingerprint density at radius 2 is 1.29 bits per heavy atom. The van der Waals surface area contributed by atoms with Crippen molar-refractivity contribution in [1.82, 2.24) is 0 Å². The lowest BCUT2D eigenvalue weighted by molar-refractivity contribution is 0.0464. The summed E-state index contributed by atoms with van der Waals surface area (Å²) >= 11 is 0. The molecule has 3 rings (SSSR count). The Bertz CT molecular complexity index is 971. The monoisotopic (exact) mass is 420 g/mol. The molecule has 2 atom stereocenters. The number of hydrogen-bond donors (Lipinski definition) is 1. The number of benzene rings is 3. The van der Waals surface area contributed by atoms with E-state index < -0.39 is 12.2 Å². The smallest absolute Gasteiger partial charge is 0.203 e. The predicted molar refractivity (Wildman–Crippen MR) is 123 cm³/mol. The van der Waals surface area contributed by atoms with Gasteiger partial charge in [-0.15, -0.1) is 0 Å². The van der Waals surface area contributed by atoms with Crippen LogP contribution in [0.2, 0.25) is 0 Å². The van der Waals surface area contributed by atoms with Crippen LogP contribution in [0.4, 0.5) is 0 Å². The molecule has 0 aliphatic heterocycles. The van der Waals surface area contributed by atoms with E-state index in [1.54, 1.807) is 33.5 Å². The molecule has 3 aromatic rings. The molecule has 31 heavy (non-hydrogen) atoms. The first-order valence-electron chi connectivity index (χ1n) is 10.0. The summed E-state index contributed by atoms with van der Waals surface area (Å²) in [5.41, 5.74) is 2.82. The highest BCUT2D eigenvalue weighted by Crippen LogP contribution is 2.40. The molecule has 0 saturated heterocycles. The van der Waals surface area contributed by atoms with Gasteiger partial charge in [0.15, 0.2) is 11.5 Å². The van der Waals surface area contributed by atoms with Crippen LogP contribution in [-0.2, 0) is 0 Å². The van der Waals surface area contributed by atoms with Crippen LogP contribution in [0.3, 0.4) is 0 Å². The zero-order valence-electron chi connectivity index (χ0n) is 18.2. The first-order valence-corrected chi connectivity index (χ1v) is 10.0. The second kappa shape index (κ2) is 10.5. The van der Waals surface area contributed by atoms with E-state index in [4.69, 9.17) is 18.9 Å². The Morgan fingerprint density at radius 1 is 0.742 bits per heavy atom. The van der Waals surface area contributed by atoms with Gasteiger partial charge in [-0.05, 0) is 47.9 Å². The lowest BCUT2D eigenvalue weighted by Crippen LogP contribution is -2.22. The van der Waals surface area contributed by atoms with E-state index in [2.05, 4.69) is 18.2 Å². The molecule has 0 aliphatic rings. The van der Waals surface area contributed by atoms with Crippen LogP contribution in [0.5, 0.6) is 23.0 Å². The Balaban J connectivity index is 1.69. The van der Waals surface area contributed by atoms with Crippen LogP contribution in [0, 0.1) is 0 Å². The first kappa shape index (κ1) is 22.2. The summed E-state index contributed by atoms with van der Waals surface area (Å²) in [6.45, 7) is 1.82. The van der Waals surface area contributed by atoms with Crippen molar-refractivity contribution in [2.75, 3.05) is 21.3 Å². The van der Waals surface area contributed by atoms with E-state index in [1.165, 1.54) is 0 Å². The molecule has 1 N–H and O–H groups in total.